The highest BCUT2D eigenvalue weighted by Crippen LogP contribution is 2.30. The lowest BCUT2D eigenvalue weighted by atomic mass is 10.0. The summed E-state index contributed by atoms with van der Waals surface area (Å²) in [5, 5.41) is 12.8. The molecule has 0 aromatic heterocycles. The molecular weight excluding hydrogens is 274 g/mol. The largest absolute Gasteiger partial charge is 0.486 e. The molecule has 1 atom stereocenters. The summed E-state index contributed by atoms with van der Waals surface area (Å²) in [5.74, 6) is 0.953. The number of rotatable bonds is 6. The van der Waals surface area contributed by atoms with Gasteiger partial charge in [-0.2, -0.15) is 0 Å². The van der Waals surface area contributed by atoms with Gasteiger partial charge >= 0.3 is 0 Å². The topological polar surface area (TPSA) is 77.0 Å². The molecule has 2 rings (SSSR count). The highest BCUT2D eigenvalue weighted by atomic mass is 16.6. The van der Waals surface area contributed by atoms with Crippen LogP contribution in [0.3, 0.4) is 0 Å². The number of amides is 1. The van der Waals surface area contributed by atoms with Crippen LogP contribution >= 0.6 is 0 Å². The van der Waals surface area contributed by atoms with Crippen molar-refractivity contribution in [3.63, 3.8) is 0 Å². The first kappa shape index (κ1) is 15.6. The normalized spacial score (nSPS) is 16.1. The Bertz CT molecular complexity index is 501. The van der Waals surface area contributed by atoms with E-state index in [-0.39, 0.29) is 12.5 Å². The van der Waals surface area contributed by atoms with Gasteiger partial charge in [-0.1, -0.05) is 0 Å². The van der Waals surface area contributed by atoms with E-state index in [0.29, 0.717) is 43.3 Å². The molecule has 1 aliphatic rings. The molecule has 1 amide bonds. The molecule has 6 nitrogen and oxygen atoms in total. The van der Waals surface area contributed by atoms with Gasteiger partial charge in [-0.15, -0.1) is 0 Å². The van der Waals surface area contributed by atoms with Crippen molar-refractivity contribution >= 4 is 5.91 Å². The maximum Gasteiger partial charge on any atom is 0.251 e. The molecule has 1 aromatic rings. The molecule has 0 aliphatic carbocycles. The van der Waals surface area contributed by atoms with Crippen LogP contribution in [0.25, 0.3) is 0 Å². The summed E-state index contributed by atoms with van der Waals surface area (Å²) in [6.07, 6.45) is 0.449. The second-order valence-electron chi connectivity index (χ2n) is 5.28. The van der Waals surface area contributed by atoms with E-state index in [1.807, 2.05) is 0 Å². The van der Waals surface area contributed by atoms with Gasteiger partial charge in [0.25, 0.3) is 5.91 Å². The quantitative estimate of drug-likeness (QED) is 0.818. The number of fused-ring (bicyclic) bond motifs is 1. The molecular formula is C15H21NO5. The Morgan fingerprint density at radius 3 is 2.81 bits per heavy atom. The minimum atomic E-state index is -1.00. The molecule has 1 unspecified atom stereocenters. The van der Waals surface area contributed by atoms with Crippen LogP contribution in [0, 0.1) is 0 Å². The maximum absolute atomic E-state index is 12.1. The molecule has 0 fully saturated rings. The molecule has 1 aliphatic heterocycles. The number of carbonyl (C=O) groups excluding carboxylic acids is 1. The van der Waals surface area contributed by atoms with Crippen molar-refractivity contribution in [3.8, 4) is 11.5 Å². The van der Waals surface area contributed by atoms with E-state index < -0.39 is 5.60 Å². The fourth-order valence-corrected chi connectivity index (χ4v) is 1.97. The van der Waals surface area contributed by atoms with Crippen molar-refractivity contribution < 1.29 is 24.1 Å². The number of benzene rings is 1. The Hall–Kier alpha value is -1.79. The molecule has 6 heteroatoms. The van der Waals surface area contributed by atoms with E-state index in [2.05, 4.69) is 5.32 Å². The highest BCUT2D eigenvalue weighted by molar-refractivity contribution is 5.94. The molecule has 0 spiro atoms. The van der Waals surface area contributed by atoms with Gasteiger partial charge in [0.2, 0.25) is 0 Å². The predicted octanol–water partition coefficient (Wildman–Crippen LogP) is 0.975. The third kappa shape index (κ3) is 4.34. The Morgan fingerprint density at radius 2 is 2.10 bits per heavy atom. The summed E-state index contributed by atoms with van der Waals surface area (Å²) in [5.41, 5.74) is -0.527. The smallest absolute Gasteiger partial charge is 0.251 e. The number of hydrogen-bond donors (Lipinski definition) is 2. The van der Waals surface area contributed by atoms with Gasteiger partial charge in [0.05, 0.1) is 5.60 Å². The van der Waals surface area contributed by atoms with Gasteiger partial charge in [0.15, 0.2) is 11.5 Å². The Labute approximate surface area is 124 Å². The number of hydrogen-bond acceptors (Lipinski definition) is 5. The zero-order chi connectivity index (χ0) is 15.3. The van der Waals surface area contributed by atoms with Gasteiger partial charge in [-0.25, -0.2) is 0 Å². The van der Waals surface area contributed by atoms with Gasteiger partial charge in [-0.3, -0.25) is 4.79 Å². The summed E-state index contributed by atoms with van der Waals surface area (Å²) >= 11 is 0. The van der Waals surface area contributed by atoms with Crippen molar-refractivity contribution in [2.24, 2.45) is 0 Å². The predicted molar refractivity (Wildman–Crippen MR) is 76.9 cm³/mol. The molecule has 0 radical (unpaired) electrons. The summed E-state index contributed by atoms with van der Waals surface area (Å²) in [4.78, 5) is 12.1. The van der Waals surface area contributed by atoms with E-state index >= 15 is 0 Å². The van der Waals surface area contributed by atoms with Crippen LogP contribution in [-0.2, 0) is 4.74 Å². The molecule has 116 valence electrons. The Kier molecular flexibility index (Phi) is 5.03. The molecule has 2 N–H and O–H groups in total. The van der Waals surface area contributed by atoms with Gasteiger partial charge in [0.1, 0.15) is 13.2 Å². The van der Waals surface area contributed by atoms with Gasteiger partial charge in [-0.05, 0) is 25.1 Å². The zero-order valence-electron chi connectivity index (χ0n) is 12.3. The molecule has 21 heavy (non-hydrogen) atoms. The first-order chi connectivity index (χ1) is 10.0. The lowest BCUT2D eigenvalue weighted by Gasteiger charge is -2.23. The van der Waals surface area contributed by atoms with Crippen molar-refractivity contribution in [2.45, 2.75) is 18.9 Å². The lowest BCUT2D eigenvalue weighted by Crippen LogP contribution is -2.41. The third-order valence-electron chi connectivity index (χ3n) is 3.28. The van der Waals surface area contributed by atoms with E-state index in [4.69, 9.17) is 14.2 Å². The fraction of sp³-hybridized carbons (Fsp3) is 0.533. The number of carbonyl (C=O) groups is 1. The SMILES string of the molecule is COCCC(C)(O)CNC(=O)c1ccc2c(c1)OCCO2. The second-order valence-corrected chi connectivity index (χ2v) is 5.28. The van der Waals surface area contributed by atoms with Crippen LogP contribution in [0.4, 0.5) is 0 Å². The van der Waals surface area contributed by atoms with Crippen LogP contribution in [0.1, 0.15) is 23.7 Å². The molecule has 0 saturated carbocycles. The third-order valence-corrected chi connectivity index (χ3v) is 3.28. The number of nitrogens with one attached hydrogen (secondary N) is 1. The number of aliphatic hydroxyl groups is 1. The summed E-state index contributed by atoms with van der Waals surface area (Å²) in [7, 11) is 1.57. The molecule has 1 aromatic carbocycles. The van der Waals surface area contributed by atoms with Crippen molar-refractivity contribution in [1.29, 1.82) is 0 Å². The summed E-state index contributed by atoms with van der Waals surface area (Å²) in [6.45, 7) is 3.25. The van der Waals surface area contributed by atoms with Gasteiger partial charge in [0, 0.05) is 32.2 Å². The monoisotopic (exact) mass is 295 g/mol. The molecule has 1 heterocycles. The van der Waals surface area contributed by atoms with Crippen molar-refractivity contribution in [2.75, 3.05) is 33.5 Å². The fourth-order valence-electron chi connectivity index (χ4n) is 1.97. The summed E-state index contributed by atoms with van der Waals surface area (Å²) < 4.78 is 15.8. The first-order valence-electron chi connectivity index (χ1n) is 6.91. The highest BCUT2D eigenvalue weighted by Gasteiger charge is 2.22. The lowest BCUT2D eigenvalue weighted by molar-refractivity contribution is 0.0243. The van der Waals surface area contributed by atoms with Gasteiger partial charge < -0.3 is 24.6 Å². The van der Waals surface area contributed by atoms with Crippen LogP contribution in [0.15, 0.2) is 18.2 Å². The first-order valence-corrected chi connectivity index (χ1v) is 6.91. The Balaban J connectivity index is 1.94. The average Bonchev–Trinajstić information content (AvgIpc) is 2.50. The zero-order valence-corrected chi connectivity index (χ0v) is 12.3. The van der Waals surface area contributed by atoms with E-state index in [1.165, 1.54) is 0 Å². The van der Waals surface area contributed by atoms with Crippen LogP contribution < -0.4 is 14.8 Å². The molecule has 0 bridgehead atoms. The number of methoxy groups -OCH3 is 1. The van der Waals surface area contributed by atoms with E-state index in [1.54, 1.807) is 32.2 Å². The Morgan fingerprint density at radius 1 is 1.38 bits per heavy atom. The van der Waals surface area contributed by atoms with Crippen LogP contribution in [-0.4, -0.2) is 50.1 Å². The van der Waals surface area contributed by atoms with Crippen LogP contribution in [0.2, 0.25) is 0 Å². The van der Waals surface area contributed by atoms with E-state index in [0.717, 1.165) is 0 Å². The van der Waals surface area contributed by atoms with E-state index in [9.17, 15) is 9.90 Å². The van der Waals surface area contributed by atoms with Crippen molar-refractivity contribution in [1.82, 2.24) is 5.32 Å². The minimum absolute atomic E-state index is 0.156. The molecule has 0 saturated heterocycles. The summed E-state index contributed by atoms with van der Waals surface area (Å²) in [6, 6.07) is 5.03. The second kappa shape index (κ2) is 6.78. The van der Waals surface area contributed by atoms with Crippen molar-refractivity contribution in [3.05, 3.63) is 23.8 Å². The average molecular weight is 295 g/mol. The van der Waals surface area contributed by atoms with Crippen LogP contribution in [0.5, 0.6) is 11.5 Å². The minimum Gasteiger partial charge on any atom is -0.486 e. The standard InChI is InChI=1S/C15H21NO5/c1-15(18,5-6-19-2)10-16-14(17)11-3-4-12-13(9-11)21-8-7-20-12/h3-4,9,18H,5-8,10H2,1-2H3,(H,16,17). The maximum atomic E-state index is 12.1. The number of ether oxygens (including phenoxy) is 3.